The van der Waals surface area contributed by atoms with Gasteiger partial charge >= 0.3 is 0 Å². The zero-order valence-electron chi connectivity index (χ0n) is 9.03. The Hall–Kier alpha value is -1.36. The summed E-state index contributed by atoms with van der Waals surface area (Å²) in [4.78, 5) is 0. The fourth-order valence-corrected chi connectivity index (χ4v) is 1.70. The lowest BCUT2D eigenvalue weighted by Gasteiger charge is -2.29. The molecule has 5 nitrogen and oxygen atoms in total. The molecule has 0 amide bonds. The SMILES string of the molecule is CC1OCCC1(C)Nc1ccc(N)nn1. The summed E-state index contributed by atoms with van der Waals surface area (Å²) in [6.07, 6.45) is 1.15. The van der Waals surface area contributed by atoms with E-state index in [1.54, 1.807) is 6.07 Å². The maximum absolute atomic E-state index is 5.53. The molecular formula is C10H16N4O. The van der Waals surface area contributed by atoms with E-state index in [0.717, 1.165) is 18.8 Å². The molecule has 1 aromatic rings. The Balaban J connectivity index is 2.11. The van der Waals surface area contributed by atoms with Gasteiger partial charge in [0.05, 0.1) is 11.6 Å². The van der Waals surface area contributed by atoms with Gasteiger partial charge in [-0.05, 0) is 32.4 Å². The molecule has 2 rings (SSSR count). The van der Waals surface area contributed by atoms with Gasteiger partial charge in [-0.15, -0.1) is 10.2 Å². The average Bonchev–Trinajstić information content (AvgIpc) is 2.51. The monoisotopic (exact) mass is 208 g/mol. The van der Waals surface area contributed by atoms with E-state index in [0.29, 0.717) is 5.82 Å². The largest absolute Gasteiger partial charge is 0.382 e. The van der Waals surface area contributed by atoms with Crippen molar-refractivity contribution in [3.8, 4) is 0 Å². The molecule has 0 radical (unpaired) electrons. The number of nitrogens with zero attached hydrogens (tertiary/aromatic N) is 2. The normalized spacial score (nSPS) is 30.4. The highest BCUT2D eigenvalue weighted by Crippen LogP contribution is 2.28. The van der Waals surface area contributed by atoms with E-state index < -0.39 is 0 Å². The standard InChI is InChI=1S/C10H16N4O/c1-7-10(2,5-6-15-7)12-9-4-3-8(11)13-14-9/h3-4,7H,5-6H2,1-2H3,(H2,11,13)(H,12,14). The second kappa shape index (κ2) is 3.66. The van der Waals surface area contributed by atoms with Crippen molar-refractivity contribution in [2.45, 2.75) is 31.9 Å². The van der Waals surface area contributed by atoms with Gasteiger partial charge in [-0.1, -0.05) is 0 Å². The maximum atomic E-state index is 5.53. The number of nitrogens with two attached hydrogens (primary N) is 1. The molecule has 82 valence electrons. The molecule has 0 aromatic carbocycles. The summed E-state index contributed by atoms with van der Waals surface area (Å²) >= 11 is 0. The lowest BCUT2D eigenvalue weighted by molar-refractivity contribution is 0.105. The first-order valence-corrected chi connectivity index (χ1v) is 5.09. The zero-order chi connectivity index (χ0) is 10.9. The number of anilines is 2. The highest BCUT2D eigenvalue weighted by atomic mass is 16.5. The van der Waals surface area contributed by atoms with Crippen molar-refractivity contribution < 1.29 is 4.74 Å². The van der Waals surface area contributed by atoms with Crippen molar-refractivity contribution >= 4 is 11.6 Å². The smallest absolute Gasteiger partial charge is 0.149 e. The molecule has 0 spiro atoms. The Bertz CT molecular complexity index is 340. The maximum Gasteiger partial charge on any atom is 0.149 e. The molecule has 1 saturated heterocycles. The Kier molecular flexibility index (Phi) is 2.48. The van der Waals surface area contributed by atoms with Crippen LogP contribution in [-0.4, -0.2) is 28.4 Å². The van der Waals surface area contributed by atoms with E-state index in [-0.39, 0.29) is 11.6 Å². The Morgan fingerprint density at radius 3 is 2.87 bits per heavy atom. The number of nitrogens with one attached hydrogen (secondary N) is 1. The van der Waals surface area contributed by atoms with Crippen LogP contribution in [0.3, 0.4) is 0 Å². The van der Waals surface area contributed by atoms with Gasteiger partial charge in [0.2, 0.25) is 0 Å². The van der Waals surface area contributed by atoms with Gasteiger partial charge < -0.3 is 15.8 Å². The van der Waals surface area contributed by atoms with E-state index in [4.69, 9.17) is 10.5 Å². The van der Waals surface area contributed by atoms with Crippen molar-refractivity contribution in [2.75, 3.05) is 17.7 Å². The molecule has 1 aliphatic rings. The van der Waals surface area contributed by atoms with Crippen LogP contribution in [0.15, 0.2) is 12.1 Å². The fourth-order valence-electron chi connectivity index (χ4n) is 1.70. The molecule has 3 N–H and O–H groups in total. The molecule has 0 bridgehead atoms. The lowest BCUT2D eigenvalue weighted by Crippen LogP contribution is -2.41. The van der Waals surface area contributed by atoms with Crippen molar-refractivity contribution in [1.29, 1.82) is 0 Å². The van der Waals surface area contributed by atoms with Gasteiger partial charge in [-0.25, -0.2) is 0 Å². The lowest BCUT2D eigenvalue weighted by atomic mass is 9.95. The number of nitrogen functional groups attached to an aromatic ring is 1. The summed E-state index contributed by atoms with van der Waals surface area (Å²) in [7, 11) is 0. The van der Waals surface area contributed by atoms with Gasteiger partial charge in [0.25, 0.3) is 0 Å². The highest BCUT2D eigenvalue weighted by molar-refractivity contribution is 5.41. The van der Waals surface area contributed by atoms with Gasteiger partial charge in [-0.3, -0.25) is 0 Å². The van der Waals surface area contributed by atoms with Crippen LogP contribution in [0.5, 0.6) is 0 Å². The first-order chi connectivity index (χ1) is 7.10. The van der Waals surface area contributed by atoms with E-state index >= 15 is 0 Å². The summed E-state index contributed by atoms with van der Waals surface area (Å²) < 4.78 is 5.53. The summed E-state index contributed by atoms with van der Waals surface area (Å²) in [5.41, 5.74) is 5.40. The third-order valence-electron chi connectivity index (χ3n) is 2.99. The zero-order valence-corrected chi connectivity index (χ0v) is 9.03. The van der Waals surface area contributed by atoms with Crippen molar-refractivity contribution in [1.82, 2.24) is 10.2 Å². The second-order valence-electron chi connectivity index (χ2n) is 4.15. The van der Waals surface area contributed by atoms with Crippen LogP contribution in [0.2, 0.25) is 0 Å². The first-order valence-electron chi connectivity index (χ1n) is 5.09. The van der Waals surface area contributed by atoms with Crippen molar-refractivity contribution in [3.63, 3.8) is 0 Å². The van der Waals surface area contributed by atoms with E-state index in [2.05, 4.69) is 29.4 Å². The summed E-state index contributed by atoms with van der Waals surface area (Å²) in [5.74, 6) is 1.17. The quantitative estimate of drug-likeness (QED) is 0.759. The molecule has 1 fully saturated rings. The van der Waals surface area contributed by atoms with Crippen LogP contribution in [-0.2, 0) is 4.74 Å². The van der Waals surface area contributed by atoms with Crippen LogP contribution in [0.25, 0.3) is 0 Å². The van der Waals surface area contributed by atoms with Gasteiger partial charge in [-0.2, -0.15) is 0 Å². The summed E-state index contributed by atoms with van der Waals surface area (Å²) in [5, 5.41) is 11.1. The van der Waals surface area contributed by atoms with Gasteiger partial charge in [0, 0.05) is 6.61 Å². The minimum absolute atomic E-state index is 0.0647. The topological polar surface area (TPSA) is 73.1 Å². The predicted molar refractivity (Wildman–Crippen MR) is 58.5 cm³/mol. The van der Waals surface area contributed by atoms with Crippen LogP contribution in [0, 0.1) is 0 Å². The average molecular weight is 208 g/mol. The minimum atomic E-state index is -0.0647. The summed E-state index contributed by atoms with van der Waals surface area (Å²) in [6, 6.07) is 3.57. The number of aromatic nitrogens is 2. The van der Waals surface area contributed by atoms with Gasteiger partial charge in [0.1, 0.15) is 11.6 Å². The number of ether oxygens (including phenoxy) is 1. The predicted octanol–water partition coefficient (Wildman–Crippen LogP) is 1.04. The molecular weight excluding hydrogens is 192 g/mol. The molecule has 2 atom stereocenters. The van der Waals surface area contributed by atoms with E-state index in [9.17, 15) is 0 Å². The molecule has 0 saturated carbocycles. The third-order valence-corrected chi connectivity index (χ3v) is 2.99. The van der Waals surface area contributed by atoms with Crippen molar-refractivity contribution in [3.05, 3.63) is 12.1 Å². The van der Waals surface area contributed by atoms with E-state index in [1.165, 1.54) is 0 Å². The van der Waals surface area contributed by atoms with Crippen LogP contribution < -0.4 is 11.1 Å². The highest BCUT2D eigenvalue weighted by Gasteiger charge is 2.37. The van der Waals surface area contributed by atoms with Crippen LogP contribution in [0.4, 0.5) is 11.6 Å². The molecule has 15 heavy (non-hydrogen) atoms. The molecule has 1 aromatic heterocycles. The van der Waals surface area contributed by atoms with Crippen LogP contribution >= 0.6 is 0 Å². The number of hydrogen-bond acceptors (Lipinski definition) is 5. The Labute approximate surface area is 89.0 Å². The molecule has 5 heteroatoms. The molecule has 2 heterocycles. The van der Waals surface area contributed by atoms with Gasteiger partial charge in [0.15, 0.2) is 0 Å². The Morgan fingerprint density at radius 1 is 1.53 bits per heavy atom. The number of rotatable bonds is 2. The third kappa shape index (κ3) is 2.02. The molecule has 2 unspecified atom stereocenters. The van der Waals surface area contributed by atoms with Crippen LogP contribution in [0.1, 0.15) is 20.3 Å². The number of hydrogen-bond donors (Lipinski definition) is 2. The molecule has 0 aliphatic carbocycles. The summed E-state index contributed by atoms with van der Waals surface area (Å²) in [6.45, 7) is 4.97. The fraction of sp³-hybridized carbons (Fsp3) is 0.600. The minimum Gasteiger partial charge on any atom is -0.382 e. The van der Waals surface area contributed by atoms with E-state index in [1.807, 2.05) is 6.07 Å². The van der Waals surface area contributed by atoms with Crippen molar-refractivity contribution in [2.24, 2.45) is 0 Å². The second-order valence-corrected chi connectivity index (χ2v) is 4.15. The Morgan fingerprint density at radius 2 is 2.33 bits per heavy atom. The molecule has 1 aliphatic heterocycles. The first kappa shape index (κ1) is 10.2.